The number of hydrogen-bond donors (Lipinski definition) is 1. The average Bonchev–Trinajstić information content (AvgIpc) is 2.57. The second-order valence-corrected chi connectivity index (χ2v) is 6.46. The molecule has 2 N–H and O–H groups in total. The molecule has 0 aromatic heterocycles. The van der Waals surface area contributed by atoms with E-state index in [4.69, 9.17) is 5.73 Å². The molecular weight excluding hydrogens is 278 g/mol. The van der Waals surface area contributed by atoms with Crippen LogP contribution in [0.5, 0.6) is 0 Å². The number of carbonyl (C=O) groups is 1. The third kappa shape index (κ3) is 2.16. The summed E-state index contributed by atoms with van der Waals surface area (Å²) in [5, 5.41) is -1.44. The largest absolute Gasteiger partial charge is 0.399 e. The van der Waals surface area contributed by atoms with E-state index in [0.717, 1.165) is 12.1 Å². The van der Waals surface area contributed by atoms with Gasteiger partial charge in [-0.1, -0.05) is 0 Å². The van der Waals surface area contributed by atoms with E-state index in [1.54, 1.807) is 0 Å². The second-order valence-electron chi connectivity index (χ2n) is 4.40. The number of likely N-dealkylation sites (tertiary alicyclic amines) is 1. The van der Waals surface area contributed by atoms with Gasteiger partial charge in [0.25, 0.3) is 0 Å². The Bertz CT molecular complexity index is 622. The number of rotatable bonds is 2. The Morgan fingerprint density at radius 1 is 1.32 bits per heavy atom. The molecule has 1 atom stereocenters. The highest BCUT2D eigenvalue weighted by molar-refractivity contribution is 7.92. The number of amides is 1. The Morgan fingerprint density at radius 3 is 2.26 bits per heavy atom. The maximum absolute atomic E-state index is 13.7. The Kier molecular flexibility index (Phi) is 3.21. The molecule has 0 radical (unpaired) electrons. The van der Waals surface area contributed by atoms with Gasteiger partial charge in [0.1, 0.15) is 21.8 Å². The molecule has 1 aliphatic rings. The molecule has 0 spiro atoms. The van der Waals surface area contributed by atoms with Crippen molar-refractivity contribution in [2.24, 2.45) is 0 Å². The number of sulfone groups is 1. The third-order valence-electron chi connectivity index (χ3n) is 3.06. The molecule has 0 bridgehead atoms. The minimum atomic E-state index is -4.40. The second kappa shape index (κ2) is 4.44. The van der Waals surface area contributed by atoms with Crippen LogP contribution < -0.4 is 5.73 Å². The van der Waals surface area contributed by atoms with Crippen LogP contribution in [0.25, 0.3) is 0 Å². The van der Waals surface area contributed by atoms with Gasteiger partial charge < -0.3 is 10.6 Å². The van der Waals surface area contributed by atoms with E-state index < -0.39 is 37.5 Å². The summed E-state index contributed by atoms with van der Waals surface area (Å²) in [6.07, 6.45) is 0.0148. The molecule has 1 fully saturated rings. The van der Waals surface area contributed by atoms with Crippen LogP contribution in [0.2, 0.25) is 0 Å². The number of anilines is 1. The molecule has 1 unspecified atom stereocenters. The monoisotopic (exact) mass is 290 g/mol. The number of nitrogens with zero attached hydrogens (tertiary/aromatic N) is 1. The zero-order valence-electron chi connectivity index (χ0n) is 10.1. The van der Waals surface area contributed by atoms with Gasteiger partial charge in [-0.05, 0) is 18.6 Å². The van der Waals surface area contributed by atoms with Crippen LogP contribution in [0, 0.1) is 11.6 Å². The van der Waals surface area contributed by atoms with E-state index in [0.29, 0.717) is 0 Å². The van der Waals surface area contributed by atoms with Gasteiger partial charge in [0.15, 0.2) is 9.84 Å². The lowest BCUT2D eigenvalue weighted by molar-refractivity contribution is -0.126. The van der Waals surface area contributed by atoms with E-state index in [1.807, 2.05) is 0 Å². The number of nitrogen functional groups attached to an aromatic ring is 1. The van der Waals surface area contributed by atoms with Crippen LogP contribution in [0.3, 0.4) is 0 Å². The van der Waals surface area contributed by atoms with Crippen LogP contribution in [0.4, 0.5) is 14.5 Å². The fourth-order valence-corrected chi connectivity index (χ4v) is 3.88. The normalized spacial score (nSPS) is 20.1. The summed E-state index contributed by atoms with van der Waals surface area (Å²) in [6.45, 7) is 0.237. The molecule has 19 heavy (non-hydrogen) atoms. The Hall–Kier alpha value is -1.70. The zero-order valence-corrected chi connectivity index (χ0v) is 10.9. The van der Waals surface area contributed by atoms with Crippen molar-refractivity contribution in [3.05, 3.63) is 23.8 Å². The minimum absolute atomic E-state index is 0.0148. The maximum Gasteiger partial charge on any atom is 0.241 e. The van der Waals surface area contributed by atoms with E-state index >= 15 is 0 Å². The van der Waals surface area contributed by atoms with E-state index in [-0.39, 0.29) is 18.7 Å². The smallest absolute Gasteiger partial charge is 0.241 e. The summed E-state index contributed by atoms with van der Waals surface area (Å²) < 4.78 is 51.7. The van der Waals surface area contributed by atoms with Crippen LogP contribution >= 0.6 is 0 Å². The summed E-state index contributed by atoms with van der Waals surface area (Å²) in [6, 6.07) is 1.44. The lowest BCUT2D eigenvalue weighted by Gasteiger charge is -2.13. The zero-order chi connectivity index (χ0) is 14.4. The molecule has 104 valence electrons. The molecule has 0 saturated carbocycles. The first kappa shape index (κ1) is 13.7. The lowest BCUT2D eigenvalue weighted by atomic mass is 10.3. The molecule has 8 heteroatoms. The van der Waals surface area contributed by atoms with Crippen molar-refractivity contribution in [3.63, 3.8) is 0 Å². The predicted octanol–water partition coefficient (Wildman–Crippen LogP) is 0.551. The van der Waals surface area contributed by atoms with Gasteiger partial charge in [0.05, 0.1) is 0 Å². The van der Waals surface area contributed by atoms with E-state index in [1.165, 1.54) is 11.9 Å². The SMILES string of the molecule is CN1CCC(S(=O)(=O)c2c(F)cc(N)cc2F)C1=O. The quantitative estimate of drug-likeness (QED) is 0.807. The number of nitrogens with two attached hydrogens (primary N) is 1. The van der Waals surface area contributed by atoms with Crippen LogP contribution in [-0.4, -0.2) is 38.1 Å². The Morgan fingerprint density at radius 2 is 1.84 bits per heavy atom. The van der Waals surface area contributed by atoms with E-state index in [2.05, 4.69) is 0 Å². The molecule has 5 nitrogen and oxygen atoms in total. The lowest BCUT2D eigenvalue weighted by Crippen LogP contribution is -2.32. The molecular formula is C11H12F2N2O3S. The molecule has 1 aromatic carbocycles. The summed E-state index contributed by atoms with van der Waals surface area (Å²) in [5.41, 5.74) is 5.01. The van der Waals surface area contributed by atoms with Crippen molar-refractivity contribution in [2.75, 3.05) is 19.3 Å². The van der Waals surface area contributed by atoms with Gasteiger partial charge in [-0.15, -0.1) is 0 Å². The first-order valence-corrected chi connectivity index (χ1v) is 7.03. The van der Waals surface area contributed by atoms with Gasteiger partial charge >= 0.3 is 0 Å². The third-order valence-corrected chi connectivity index (χ3v) is 5.20. The van der Waals surface area contributed by atoms with Crippen LogP contribution in [-0.2, 0) is 14.6 Å². The number of halogens is 2. The molecule has 1 aliphatic heterocycles. The topological polar surface area (TPSA) is 80.5 Å². The number of benzene rings is 1. The number of carbonyl (C=O) groups excluding carboxylic acids is 1. The summed E-state index contributed by atoms with van der Waals surface area (Å²) in [5.74, 6) is -3.21. The molecule has 1 saturated heterocycles. The highest BCUT2D eigenvalue weighted by atomic mass is 32.2. The fourth-order valence-electron chi connectivity index (χ4n) is 2.07. The molecule has 1 aromatic rings. The van der Waals surface area contributed by atoms with Crippen molar-refractivity contribution < 1.29 is 22.0 Å². The molecule has 1 amide bonds. The van der Waals surface area contributed by atoms with Gasteiger partial charge in [-0.3, -0.25) is 4.79 Å². The van der Waals surface area contributed by atoms with Crippen LogP contribution in [0.15, 0.2) is 17.0 Å². The average molecular weight is 290 g/mol. The number of hydrogen-bond acceptors (Lipinski definition) is 4. The fraction of sp³-hybridized carbons (Fsp3) is 0.364. The van der Waals surface area contributed by atoms with Gasteiger partial charge in [-0.25, -0.2) is 17.2 Å². The summed E-state index contributed by atoms with van der Waals surface area (Å²) in [4.78, 5) is 11.8. The minimum Gasteiger partial charge on any atom is -0.399 e. The summed E-state index contributed by atoms with van der Waals surface area (Å²) >= 11 is 0. The van der Waals surface area contributed by atoms with Crippen molar-refractivity contribution in [1.82, 2.24) is 4.90 Å². The van der Waals surface area contributed by atoms with Gasteiger partial charge in [0, 0.05) is 19.3 Å². The molecule has 1 heterocycles. The molecule has 0 aliphatic carbocycles. The standard InChI is InChI=1S/C11H12F2N2O3S/c1-15-3-2-9(11(15)16)19(17,18)10-7(12)4-6(14)5-8(10)13/h4-5,9H,2-3,14H2,1H3. The van der Waals surface area contributed by atoms with Crippen molar-refractivity contribution >= 4 is 21.4 Å². The Labute approximate surface area is 108 Å². The first-order chi connectivity index (χ1) is 8.75. The van der Waals surface area contributed by atoms with Gasteiger partial charge in [0.2, 0.25) is 5.91 Å². The van der Waals surface area contributed by atoms with Crippen molar-refractivity contribution in [1.29, 1.82) is 0 Å². The first-order valence-electron chi connectivity index (χ1n) is 5.48. The van der Waals surface area contributed by atoms with Crippen LogP contribution in [0.1, 0.15) is 6.42 Å². The summed E-state index contributed by atoms with van der Waals surface area (Å²) in [7, 11) is -2.96. The van der Waals surface area contributed by atoms with E-state index in [9.17, 15) is 22.0 Å². The highest BCUT2D eigenvalue weighted by Gasteiger charge is 2.42. The van der Waals surface area contributed by atoms with Crippen molar-refractivity contribution in [2.45, 2.75) is 16.6 Å². The van der Waals surface area contributed by atoms with Gasteiger partial charge in [-0.2, -0.15) is 0 Å². The predicted molar refractivity (Wildman–Crippen MR) is 64.0 cm³/mol. The molecule has 2 rings (SSSR count). The Balaban J connectivity index is 2.55. The highest BCUT2D eigenvalue weighted by Crippen LogP contribution is 2.29. The van der Waals surface area contributed by atoms with Crippen molar-refractivity contribution in [3.8, 4) is 0 Å². The maximum atomic E-state index is 13.7.